The Hall–Kier alpha value is -0.390. The zero-order chi connectivity index (χ0) is 10.4. The van der Waals surface area contributed by atoms with Gasteiger partial charge in [-0.25, -0.2) is 4.98 Å². The molecule has 1 N–H and O–H groups in total. The number of hydrogen-bond acceptors (Lipinski definition) is 5. The Balaban J connectivity index is 2.48. The van der Waals surface area contributed by atoms with Crippen LogP contribution < -0.4 is 5.32 Å². The van der Waals surface area contributed by atoms with Crippen molar-refractivity contribution in [3.8, 4) is 0 Å². The number of ether oxygens (including phenoxy) is 1. The minimum atomic E-state index is 0.0966. The van der Waals surface area contributed by atoms with Crippen LogP contribution in [0.1, 0.15) is 12.7 Å². The van der Waals surface area contributed by atoms with Gasteiger partial charge < -0.3 is 10.1 Å². The average molecular weight is 236 g/mol. The van der Waals surface area contributed by atoms with Gasteiger partial charge >= 0.3 is 0 Å². The molecule has 0 aromatic carbocycles. The molecule has 0 spiro atoms. The van der Waals surface area contributed by atoms with Crippen molar-refractivity contribution in [2.45, 2.75) is 19.4 Å². The number of aryl methyl sites for hydroxylation is 1. The van der Waals surface area contributed by atoms with E-state index in [1.807, 2.05) is 6.92 Å². The zero-order valence-corrected chi connectivity index (χ0v) is 9.86. The molecule has 0 saturated carbocycles. The molecule has 0 aliphatic carbocycles. The van der Waals surface area contributed by atoms with Crippen LogP contribution in [0.4, 0.5) is 5.13 Å². The Labute approximate surface area is 92.8 Å². The fraction of sp³-hybridized carbons (Fsp3) is 0.750. The Morgan fingerprint density at radius 2 is 2.43 bits per heavy atom. The number of methoxy groups -OCH3 is 1. The van der Waals surface area contributed by atoms with Crippen molar-refractivity contribution in [1.29, 1.82) is 0 Å². The molecule has 0 bridgehead atoms. The van der Waals surface area contributed by atoms with Crippen LogP contribution in [0.15, 0.2) is 0 Å². The van der Waals surface area contributed by atoms with E-state index in [4.69, 9.17) is 16.3 Å². The number of hydrogen-bond donors (Lipinski definition) is 1. The molecule has 1 aromatic heterocycles. The lowest BCUT2D eigenvalue weighted by Gasteiger charge is -2.12. The Morgan fingerprint density at radius 1 is 1.64 bits per heavy atom. The molecule has 6 heteroatoms. The van der Waals surface area contributed by atoms with Crippen LogP contribution in [-0.2, 0) is 11.2 Å². The van der Waals surface area contributed by atoms with Crippen molar-refractivity contribution in [3.05, 3.63) is 5.82 Å². The van der Waals surface area contributed by atoms with Gasteiger partial charge in [-0.1, -0.05) is 6.92 Å². The molecule has 0 fully saturated rings. The first-order chi connectivity index (χ1) is 6.80. The Morgan fingerprint density at radius 3 is 2.93 bits per heavy atom. The maximum atomic E-state index is 5.75. The molecule has 0 radical (unpaired) electrons. The summed E-state index contributed by atoms with van der Waals surface area (Å²) >= 11 is 7.11. The molecule has 0 aliphatic rings. The van der Waals surface area contributed by atoms with Crippen LogP contribution in [0, 0.1) is 0 Å². The molecule has 0 saturated heterocycles. The van der Waals surface area contributed by atoms with Crippen molar-refractivity contribution >= 4 is 28.3 Å². The van der Waals surface area contributed by atoms with Crippen LogP contribution in [0.25, 0.3) is 0 Å². The number of alkyl halides is 1. The lowest BCUT2D eigenvalue weighted by atomic mass is 10.4. The Bertz CT molecular complexity index is 269. The summed E-state index contributed by atoms with van der Waals surface area (Å²) in [7, 11) is 1.65. The van der Waals surface area contributed by atoms with E-state index in [0.717, 1.165) is 17.4 Å². The van der Waals surface area contributed by atoms with Crippen molar-refractivity contribution in [2.24, 2.45) is 0 Å². The van der Waals surface area contributed by atoms with E-state index in [2.05, 4.69) is 14.7 Å². The molecular weight excluding hydrogens is 222 g/mol. The van der Waals surface area contributed by atoms with Crippen LogP contribution in [0.2, 0.25) is 0 Å². The third kappa shape index (κ3) is 3.40. The van der Waals surface area contributed by atoms with Gasteiger partial charge in [0.25, 0.3) is 0 Å². The second kappa shape index (κ2) is 6.16. The summed E-state index contributed by atoms with van der Waals surface area (Å²) in [5.41, 5.74) is 0. The molecule has 4 nitrogen and oxygen atoms in total. The van der Waals surface area contributed by atoms with Gasteiger partial charge in [-0.05, 0) is 0 Å². The lowest BCUT2D eigenvalue weighted by Crippen LogP contribution is -2.26. The number of nitrogens with one attached hydrogen (secondary N) is 1. The molecule has 0 amide bonds. The monoisotopic (exact) mass is 235 g/mol. The largest absolute Gasteiger partial charge is 0.383 e. The normalized spacial score (nSPS) is 12.8. The second-order valence-electron chi connectivity index (χ2n) is 2.82. The summed E-state index contributed by atoms with van der Waals surface area (Å²) in [5.74, 6) is 1.36. The summed E-state index contributed by atoms with van der Waals surface area (Å²) in [5, 5.41) is 3.98. The lowest BCUT2D eigenvalue weighted by molar-refractivity contribution is 0.191. The SMILES string of the molecule is CCc1nsc(NC(CCl)COC)n1. The molecule has 1 atom stereocenters. The van der Waals surface area contributed by atoms with Crippen LogP contribution in [0.5, 0.6) is 0 Å². The van der Waals surface area contributed by atoms with Gasteiger partial charge in [0.2, 0.25) is 5.13 Å². The minimum absolute atomic E-state index is 0.0966. The van der Waals surface area contributed by atoms with Gasteiger partial charge in [0.15, 0.2) is 0 Å². The first-order valence-electron chi connectivity index (χ1n) is 4.44. The van der Waals surface area contributed by atoms with Gasteiger partial charge in [-0.15, -0.1) is 11.6 Å². The topological polar surface area (TPSA) is 47.0 Å². The first kappa shape index (κ1) is 11.7. The molecule has 1 aromatic rings. The van der Waals surface area contributed by atoms with E-state index in [-0.39, 0.29) is 6.04 Å². The van der Waals surface area contributed by atoms with E-state index >= 15 is 0 Å². The predicted molar refractivity (Wildman–Crippen MR) is 59.3 cm³/mol. The molecule has 1 rings (SSSR count). The van der Waals surface area contributed by atoms with Crippen LogP contribution in [-0.4, -0.2) is 35.0 Å². The first-order valence-corrected chi connectivity index (χ1v) is 5.75. The highest BCUT2D eigenvalue weighted by Crippen LogP contribution is 2.13. The minimum Gasteiger partial charge on any atom is -0.383 e. The zero-order valence-electron chi connectivity index (χ0n) is 8.29. The molecule has 80 valence electrons. The van der Waals surface area contributed by atoms with E-state index in [1.54, 1.807) is 7.11 Å². The smallest absolute Gasteiger partial charge is 0.202 e. The number of aromatic nitrogens is 2. The molecule has 0 aliphatic heterocycles. The predicted octanol–water partition coefficient (Wildman–Crippen LogP) is 1.77. The van der Waals surface area contributed by atoms with Gasteiger partial charge in [0, 0.05) is 30.9 Å². The molecule has 1 unspecified atom stereocenters. The molecular formula is C8H14ClN3OS. The van der Waals surface area contributed by atoms with Gasteiger partial charge in [-0.3, -0.25) is 0 Å². The Kier molecular flexibility index (Phi) is 5.14. The third-order valence-corrected chi connectivity index (χ3v) is 2.72. The molecule has 1 heterocycles. The van der Waals surface area contributed by atoms with Gasteiger partial charge in [0.1, 0.15) is 5.82 Å². The summed E-state index contributed by atoms with van der Waals surface area (Å²) < 4.78 is 9.18. The molecule has 14 heavy (non-hydrogen) atoms. The van der Waals surface area contributed by atoms with Crippen LogP contribution in [0.3, 0.4) is 0 Å². The standard InChI is InChI=1S/C8H14ClN3OS/c1-3-7-11-8(14-12-7)10-6(4-9)5-13-2/h6H,3-5H2,1-2H3,(H,10,11,12). The van der Waals surface area contributed by atoms with E-state index in [9.17, 15) is 0 Å². The highest BCUT2D eigenvalue weighted by Gasteiger charge is 2.09. The number of anilines is 1. The quantitative estimate of drug-likeness (QED) is 0.764. The average Bonchev–Trinajstić information content (AvgIpc) is 2.65. The van der Waals surface area contributed by atoms with Gasteiger partial charge in [-0.2, -0.15) is 4.37 Å². The summed E-state index contributed by atoms with van der Waals surface area (Å²) in [6.45, 7) is 2.60. The van der Waals surface area contributed by atoms with E-state index < -0.39 is 0 Å². The second-order valence-corrected chi connectivity index (χ2v) is 3.88. The highest BCUT2D eigenvalue weighted by atomic mass is 35.5. The summed E-state index contributed by atoms with van der Waals surface area (Å²) in [4.78, 5) is 4.28. The van der Waals surface area contributed by atoms with Crippen molar-refractivity contribution < 1.29 is 4.74 Å². The number of halogens is 1. The fourth-order valence-corrected chi connectivity index (χ4v) is 1.85. The van der Waals surface area contributed by atoms with E-state index in [0.29, 0.717) is 12.5 Å². The highest BCUT2D eigenvalue weighted by molar-refractivity contribution is 7.09. The van der Waals surface area contributed by atoms with Crippen molar-refractivity contribution in [2.75, 3.05) is 24.9 Å². The van der Waals surface area contributed by atoms with E-state index in [1.165, 1.54) is 11.5 Å². The summed E-state index contributed by atoms with van der Waals surface area (Å²) in [6, 6.07) is 0.0966. The van der Waals surface area contributed by atoms with Crippen molar-refractivity contribution in [1.82, 2.24) is 9.36 Å². The van der Waals surface area contributed by atoms with Gasteiger partial charge in [0.05, 0.1) is 12.6 Å². The number of nitrogens with zero attached hydrogens (tertiary/aromatic N) is 2. The van der Waals surface area contributed by atoms with Crippen molar-refractivity contribution in [3.63, 3.8) is 0 Å². The maximum absolute atomic E-state index is 5.75. The fourth-order valence-electron chi connectivity index (χ4n) is 0.957. The third-order valence-electron chi connectivity index (χ3n) is 1.67. The summed E-state index contributed by atoms with van der Waals surface area (Å²) in [6.07, 6.45) is 0.855. The maximum Gasteiger partial charge on any atom is 0.202 e. The number of rotatable bonds is 6. The van der Waals surface area contributed by atoms with Crippen LogP contribution >= 0.6 is 23.1 Å².